The van der Waals surface area contributed by atoms with E-state index >= 15 is 0 Å². The molecule has 1 fully saturated rings. The third-order valence-corrected chi connectivity index (χ3v) is 5.00. The number of methoxy groups -OCH3 is 1. The summed E-state index contributed by atoms with van der Waals surface area (Å²) in [7, 11) is 1.57. The summed E-state index contributed by atoms with van der Waals surface area (Å²) in [6.45, 7) is 0.615. The minimum absolute atomic E-state index is 0.0908. The second-order valence-electron chi connectivity index (χ2n) is 6.64. The van der Waals surface area contributed by atoms with Gasteiger partial charge in [-0.3, -0.25) is 9.59 Å². The topological polar surface area (TPSA) is 67.9 Å². The van der Waals surface area contributed by atoms with Gasteiger partial charge in [-0.2, -0.15) is 0 Å². The first-order valence-electron chi connectivity index (χ1n) is 9.30. The van der Waals surface area contributed by atoms with Crippen LogP contribution in [0, 0.1) is 5.82 Å². The Kier molecular flexibility index (Phi) is 6.93. The Labute approximate surface area is 173 Å². The zero-order valence-electron chi connectivity index (χ0n) is 16.0. The van der Waals surface area contributed by atoms with Gasteiger partial charge in [-0.1, -0.05) is 11.6 Å². The molecule has 1 unspecified atom stereocenters. The van der Waals surface area contributed by atoms with Crippen molar-refractivity contribution in [3.8, 4) is 11.5 Å². The highest BCUT2D eigenvalue weighted by atomic mass is 35.5. The average molecular weight is 421 g/mol. The van der Waals surface area contributed by atoms with Gasteiger partial charge in [0.2, 0.25) is 11.8 Å². The van der Waals surface area contributed by atoms with E-state index in [9.17, 15) is 14.0 Å². The van der Waals surface area contributed by atoms with E-state index in [-0.39, 0.29) is 29.9 Å². The Balaban J connectivity index is 1.53. The monoisotopic (exact) mass is 420 g/mol. The molecule has 1 N–H and O–H groups in total. The van der Waals surface area contributed by atoms with Crippen molar-refractivity contribution in [2.45, 2.75) is 25.3 Å². The van der Waals surface area contributed by atoms with Crippen LogP contribution in [-0.2, 0) is 9.59 Å². The number of amides is 2. The summed E-state index contributed by atoms with van der Waals surface area (Å²) < 4.78 is 23.6. The molecule has 6 nitrogen and oxygen atoms in total. The number of nitrogens with one attached hydrogen (secondary N) is 1. The Hall–Kier alpha value is -2.80. The van der Waals surface area contributed by atoms with Gasteiger partial charge in [-0.15, -0.1) is 0 Å². The second kappa shape index (κ2) is 9.60. The van der Waals surface area contributed by atoms with Gasteiger partial charge in [0.05, 0.1) is 25.2 Å². The molecule has 2 aromatic carbocycles. The first-order valence-corrected chi connectivity index (χ1v) is 9.68. The third kappa shape index (κ3) is 5.38. The predicted molar refractivity (Wildman–Crippen MR) is 108 cm³/mol. The van der Waals surface area contributed by atoms with Crippen molar-refractivity contribution in [3.05, 3.63) is 53.3 Å². The maximum atomic E-state index is 13.1. The average Bonchev–Trinajstić information content (AvgIpc) is 3.20. The second-order valence-corrected chi connectivity index (χ2v) is 7.04. The highest BCUT2D eigenvalue weighted by Crippen LogP contribution is 2.25. The van der Waals surface area contributed by atoms with E-state index in [1.165, 1.54) is 12.1 Å². The summed E-state index contributed by atoms with van der Waals surface area (Å²) in [5.41, 5.74) is 0.643. The minimum atomic E-state index is -0.515. The molecule has 2 amide bonds. The molecule has 1 saturated heterocycles. The van der Waals surface area contributed by atoms with Crippen molar-refractivity contribution in [1.82, 2.24) is 4.90 Å². The van der Waals surface area contributed by atoms with Crippen molar-refractivity contribution < 1.29 is 23.5 Å². The molecule has 2 aromatic rings. The highest BCUT2D eigenvalue weighted by molar-refractivity contribution is 6.32. The predicted octanol–water partition coefficient (Wildman–Crippen LogP) is 3.89. The number of ether oxygens (including phenoxy) is 2. The van der Waals surface area contributed by atoms with Crippen LogP contribution in [0.15, 0.2) is 42.5 Å². The Bertz CT molecular complexity index is 875. The van der Waals surface area contributed by atoms with E-state index in [1.54, 1.807) is 36.3 Å². The van der Waals surface area contributed by atoms with Gasteiger partial charge in [0.1, 0.15) is 23.4 Å². The van der Waals surface area contributed by atoms with Gasteiger partial charge in [-0.25, -0.2) is 4.39 Å². The molecule has 0 saturated carbocycles. The summed E-state index contributed by atoms with van der Waals surface area (Å²) in [5.74, 6) is 0.165. The Morgan fingerprint density at radius 1 is 1.24 bits per heavy atom. The van der Waals surface area contributed by atoms with E-state index in [1.807, 2.05) is 0 Å². The number of carbonyl (C=O) groups excluding carboxylic acids is 2. The van der Waals surface area contributed by atoms with Crippen LogP contribution < -0.4 is 14.8 Å². The fourth-order valence-corrected chi connectivity index (χ4v) is 3.44. The molecule has 3 rings (SSSR count). The van der Waals surface area contributed by atoms with Gasteiger partial charge >= 0.3 is 0 Å². The van der Waals surface area contributed by atoms with Crippen LogP contribution >= 0.6 is 11.6 Å². The molecular weight excluding hydrogens is 399 g/mol. The maximum Gasteiger partial charge on any atom is 0.247 e. The van der Waals surface area contributed by atoms with E-state index in [4.69, 9.17) is 21.1 Å². The maximum absolute atomic E-state index is 13.1. The molecule has 154 valence electrons. The molecule has 0 spiro atoms. The number of rotatable bonds is 7. The Morgan fingerprint density at radius 3 is 2.69 bits per heavy atom. The number of hydrogen-bond donors (Lipinski definition) is 1. The van der Waals surface area contributed by atoms with Crippen molar-refractivity contribution in [2.75, 3.05) is 25.6 Å². The lowest BCUT2D eigenvalue weighted by Gasteiger charge is -2.24. The van der Waals surface area contributed by atoms with Crippen LogP contribution in [0.2, 0.25) is 5.02 Å². The fraction of sp³-hybridized carbons (Fsp3) is 0.333. The number of hydrogen-bond acceptors (Lipinski definition) is 4. The molecule has 1 atom stereocenters. The normalized spacial score (nSPS) is 15.8. The lowest BCUT2D eigenvalue weighted by atomic mass is 10.2. The fourth-order valence-electron chi connectivity index (χ4n) is 3.22. The molecule has 1 heterocycles. The van der Waals surface area contributed by atoms with Gasteiger partial charge in [-0.05, 0) is 55.3 Å². The highest BCUT2D eigenvalue weighted by Gasteiger charge is 2.33. The van der Waals surface area contributed by atoms with E-state index in [2.05, 4.69) is 5.32 Å². The number of anilines is 1. The summed E-state index contributed by atoms with van der Waals surface area (Å²) in [6, 6.07) is 10.3. The first-order chi connectivity index (χ1) is 14.0. The number of carbonyl (C=O) groups is 2. The quantitative estimate of drug-likeness (QED) is 0.738. The van der Waals surface area contributed by atoms with Gasteiger partial charge in [0, 0.05) is 12.2 Å². The largest absolute Gasteiger partial charge is 0.497 e. The number of benzene rings is 2. The molecule has 8 heteroatoms. The van der Waals surface area contributed by atoms with Crippen LogP contribution in [0.3, 0.4) is 0 Å². The smallest absolute Gasteiger partial charge is 0.247 e. The molecule has 0 bridgehead atoms. The zero-order chi connectivity index (χ0) is 20.8. The van der Waals surface area contributed by atoms with Crippen molar-refractivity contribution in [2.24, 2.45) is 0 Å². The number of halogens is 2. The van der Waals surface area contributed by atoms with E-state index < -0.39 is 11.9 Å². The molecule has 0 aromatic heterocycles. The Morgan fingerprint density at radius 2 is 2.00 bits per heavy atom. The minimum Gasteiger partial charge on any atom is -0.497 e. The molecule has 0 aliphatic carbocycles. The summed E-state index contributed by atoms with van der Waals surface area (Å²) in [6.07, 6.45) is 1.47. The third-order valence-electron chi connectivity index (χ3n) is 4.70. The van der Waals surface area contributed by atoms with Crippen LogP contribution in [0.5, 0.6) is 11.5 Å². The molecule has 29 heavy (non-hydrogen) atoms. The van der Waals surface area contributed by atoms with Gasteiger partial charge in [0.25, 0.3) is 0 Å². The summed E-state index contributed by atoms with van der Waals surface area (Å²) in [4.78, 5) is 26.8. The molecular formula is C21H22ClFN2O4. The lowest BCUT2D eigenvalue weighted by Crippen LogP contribution is -2.43. The zero-order valence-corrected chi connectivity index (χ0v) is 16.7. The SMILES string of the molecule is COc1ccc(NC(=O)C2CCCN2C(=O)CCOc2ccc(F)cc2Cl)cc1. The van der Waals surface area contributed by atoms with Crippen LogP contribution in [-0.4, -0.2) is 43.0 Å². The van der Waals surface area contributed by atoms with Crippen molar-refractivity contribution >= 4 is 29.1 Å². The van der Waals surface area contributed by atoms with Crippen LogP contribution in [0.1, 0.15) is 19.3 Å². The van der Waals surface area contributed by atoms with E-state index in [0.717, 1.165) is 12.5 Å². The van der Waals surface area contributed by atoms with Crippen LogP contribution in [0.25, 0.3) is 0 Å². The van der Waals surface area contributed by atoms with Gasteiger partial charge < -0.3 is 19.7 Å². The standard InChI is InChI=1S/C21H22ClFN2O4/c1-28-16-7-5-15(6-8-16)24-21(27)18-3-2-11-25(18)20(26)10-12-29-19-9-4-14(23)13-17(19)22/h4-9,13,18H,2-3,10-12H2,1H3,(H,24,27). The molecule has 0 radical (unpaired) electrons. The van der Waals surface area contributed by atoms with Crippen LogP contribution in [0.4, 0.5) is 10.1 Å². The first kappa shape index (κ1) is 20.9. The summed E-state index contributed by atoms with van der Waals surface area (Å²) >= 11 is 5.91. The van der Waals surface area contributed by atoms with Crippen molar-refractivity contribution in [1.29, 1.82) is 0 Å². The summed E-state index contributed by atoms with van der Waals surface area (Å²) in [5, 5.41) is 2.99. The van der Waals surface area contributed by atoms with Crippen molar-refractivity contribution in [3.63, 3.8) is 0 Å². The lowest BCUT2D eigenvalue weighted by molar-refractivity contribution is -0.137. The molecule has 1 aliphatic rings. The molecule has 1 aliphatic heterocycles. The number of likely N-dealkylation sites (tertiary alicyclic amines) is 1. The number of nitrogens with zero attached hydrogens (tertiary/aromatic N) is 1. The van der Waals surface area contributed by atoms with E-state index in [0.29, 0.717) is 30.2 Å². The van der Waals surface area contributed by atoms with Gasteiger partial charge in [0.15, 0.2) is 0 Å².